The third-order valence-corrected chi connectivity index (χ3v) is 7.12. The summed E-state index contributed by atoms with van der Waals surface area (Å²) < 4.78 is 21.1. The van der Waals surface area contributed by atoms with Crippen LogP contribution in [0.1, 0.15) is 39.5 Å². The molecule has 0 atom stereocenters. The van der Waals surface area contributed by atoms with Crippen molar-refractivity contribution in [3.8, 4) is 0 Å². The predicted molar refractivity (Wildman–Crippen MR) is 153 cm³/mol. The second-order valence-electron chi connectivity index (χ2n) is 8.81. The van der Waals surface area contributed by atoms with Crippen LogP contribution in [0.3, 0.4) is 0 Å². The first-order chi connectivity index (χ1) is 18.6. The zero-order valence-electron chi connectivity index (χ0n) is 21.0. The van der Waals surface area contributed by atoms with E-state index < -0.39 is 0 Å². The van der Waals surface area contributed by atoms with Gasteiger partial charge in [0.25, 0.3) is 0 Å². The maximum Gasteiger partial charge on any atom is 0.338 e. The monoisotopic (exact) mass is 522 g/mol. The quantitative estimate of drug-likeness (QED) is 0.112. The van der Waals surface area contributed by atoms with Crippen LogP contribution in [0.4, 0.5) is 4.39 Å². The van der Waals surface area contributed by atoms with Gasteiger partial charge in [-0.2, -0.15) is 0 Å². The molecule has 0 aliphatic heterocycles. The van der Waals surface area contributed by atoms with Gasteiger partial charge in [0.15, 0.2) is 5.16 Å². The zero-order chi connectivity index (χ0) is 26.3. The summed E-state index contributed by atoms with van der Waals surface area (Å²) in [5.41, 5.74) is 6.36. The number of fused-ring (bicyclic) bond motifs is 1. The van der Waals surface area contributed by atoms with Crippen LogP contribution < -0.4 is 0 Å². The summed E-state index contributed by atoms with van der Waals surface area (Å²) in [5, 5.41) is 0.804. The maximum absolute atomic E-state index is 13.9. The van der Waals surface area contributed by atoms with Gasteiger partial charge in [-0.25, -0.2) is 14.2 Å². The van der Waals surface area contributed by atoms with Gasteiger partial charge in [0, 0.05) is 5.75 Å². The number of esters is 1. The van der Waals surface area contributed by atoms with E-state index in [4.69, 9.17) is 9.72 Å². The van der Waals surface area contributed by atoms with E-state index in [1.54, 1.807) is 36.9 Å². The molecule has 190 valence electrons. The number of nitrogens with zero attached hydrogens (tertiary/aromatic N) is 2. The summed E-state index contributed by atoms with van der Waals surface area (Å²) in [6.45, 7) is 2.57. The topological polar surface area (TPSA) is 44.1 Å². The fraction of sp³-hybridized carbons (Fsp3) is 0.125. The Balaban J connectivity index is 1.38. The van der Waals surface area contributed by atoms with Crippen molar-refractivity contribution >= 4 is 40.9 Å². The summed E-state index contributed by atoms with van der Waals surface area (Å²) in [4.78, 5) is 17.1. The van der Waals surface area contributed by atoms with Crippen LogP contribution in [-0.4, -0.2) is 22.1 Å². The molecule has 6 heteroatoms. The van der Waals surface area contributed by atoms with Gasteiger partial charge in [-0.05, 0) is 59.5 Å². The fourth-order valence-electron chi connectivity index (χ4n) is 4.16. The summed E-state index contributed by atoms with van der Waals surface area (Å²) in [6.07, 6.45) is 4.20. The van der Waals surface area contributed by atoms with Gasteiger partial charge in [-0.3, -0.25) is 0 Å². The van der Waals surface area contributed by atoms with E-state index in [2.05, 4.69) is 53.1 Å². The Morgan fingerprint density at radius 2 is 1.66 bits per heavy atom. The van der Waals surface area contributed by atoms with Crippen LogP contribution in [0.25, 0.3) is 23.2 Å². The van der Waals surface area contributed by atoms with Crippen LogP contribution in [0.15, 0.2) is 102 Å². The van der Waals surface area contributed by atoms with Crippen molar-refractivity contribution in [3.05, 3.63) is 131 Å². The number of benzene rings is 4. The molecular formula is C32H27FN2O2S. The molecule has 0 unspecified atom stereocenters. The summed E-state index contributed by atoms with van der Waals surface area (Å²) in [5.74, 6) is 0.0803. The van der Waals surface area contributed by atoms with Crippen LogP contribution >= 0.6 is 11.8 Å². The van der Waals surface area contributed by atoms with E-state index in [1.807, 2.05) is 30.3 Å². The maximum atomic E-state index is 13.9. The highest BCUT2D eigenvalue weighted by molar-refractivity contribution is 7.98. The lowest BCUT2D eigenvalue weighted by atomic mass is 10.1. The average Bonchev–Trinajstić information content (AvgIpc) is 3.28. The lowest BCUT2D eigenvalue weighted by Gasteiger charge is -2.10. The van der Waals surface area contributed by atoms with Crippen molar-refractivity contribution in [1.82, 2.24) is 9.55 Å². The van der Waals surface area contributed by atoms with Crippen LogP contribution in [-0.2, 0) is 17.0 Å². The first-order valence-electron chi connectivity index (χ1n) is 12.5. The number of aromatic nitrogens is 2. The van der Waals surface area contributed by atoms with E-state index >= 15 is 0 Å². The number of imidazole rings is 1. The molecule has 4 aromatic carbocycles. The third-order valence-electron chi connectivity index (χ3n) is 6.07. The van der Waals surface area contributed by atoms with Gasteiger partial charge in [0.1, 0.15) is 5.82 Å². The highest BCUT2D eigenvalue weighted by Gasteiger charge is 2.15. The molecular weight excluding hydrogens is 495 g/mol. The minimum Gasteiger partial charge on any atom is -0.462 e. The molecule has 0 radical (unpaired) electrons. The van der Waals surface area contributed by atoms with E-state index in [9.17, 15) is 9.18 Å². The van der Waals surface area contributed by atoms with Crippen LogP contribution in [0, 0.1) is 5.82 Å². The van der Waals surface area contributed by atoms with Crippen molar-refractivity contribution in [2.45, 2.75) is 24.4 Å². The molecule has 1 aromatic heterocycles. The van der Waals surface area contributed by atoms with Crippen LogP contribution in [0.2, 0.25) is 0 Å². The normalized spacial score (nSPS) is 11.3. The number of ether oxygens (including phenoxy) is 1. The number of rotatable bonds is 9. The molecule has 0 saturated heterocycles. The van der Waals surface area contributed by atoms with Crippen molar-refractivity contribution in [2.24, 2.45) is 0 Å². The highest BCUT2D eigenvalue weighted by atomic mass is 32.2. The number of thioether (sulfide) groups is 1. The molecule has 0 amide bonds. The number of halogens is 1. The Morgan fingerprint density at radius 1 is 0.895 bits per heavy atom. The lowest BCUT2D eigenvalue weighted by Crippen LogP contribution is -2.05. The molecule has 38 heavy (non-hydrogen) atoms. The number of carbonyl (C=O) groups is 1. The largest absolute Gasteiger partial charge is 0.462 e. The number of hydrogen-bond donors (Lipinski definition) is 0. The van der Waals surface area contributed by atoms with Crippen molar-refractivity contribution < 1.29 is 13.9 Å². The standard InChI is InChI=1S/C32H27FN2O2S/c1-2-37-31(36)27-17-18-30-29(20-27)34-32(35(30)21-26-9-6-10-28(33)19-26)38-22-25-15-13-24(14-16-25)12-11-23-7-4-3-5-8-23/h3-20H,2,21-22H2,1H3. The molecule has 0 spiro atoms. The number of hydrogen-bond acceptors (Lipinski definition) is 4. The van der Waals surface area contributed by atoms with E-state index in [1.165, 1.54) is 17.7 Å². The van der Waals surface area contributed by atoms with Gasteiger partial charge < -0.3 is 9.30 Å². The smallest absolute Gasteiger partial charge is 0.338 e. The zero-order valence-corrected chi connectivity index (χ0v) is 21.8. The third kappa shape index (κ3) is 6.21. The molecule has 0 aliphatic rings. The SMILES string of the molecule is CCOC(=O)c1ccc2c(c1)nc(SCc1ccc(C=Cc3ccccc3)cc1)n2Cc1cccc(F)c1. The molecule has 0 bridgehead atoms. The molecule has 5 rings (SSSR count). The van der Waals surface area contributed by atoms with E-state index in [0.29, 0.717) is 24.2 Å². The predicted octanol–water partition coefficient (Wildman–Crippen LogP) is 7.86. The first kappa shape index (κ1) is 25.5. The van der Waals surface area contributed by atoms with Gasteiger partial charge >= 0.3 is 5.97 Å². The molecule has 5 aromatic rings. The summed E-state index contributed by atoms with van der Waals surface area (Å²) in [6, 6.07) is 30.7. The van der Waals surface area contributed by atoms with Gasteiger partial charge in [-0.1, -0.05) is 90.6 Å². The lowest BCUT2D eigenvalue weighted by molar-refractivity contribution is 0.0526. The van der Waals surface area contributed by atoms with Gasteiger partial charge in [0.05, 0.1) is 29.7 Å². The van der Waals surface area contributed by atoms with Crippen molar-refractivity contribution in [1.29, 1.82) is 0 Å². The highest BCUT2D eigenvalue weighted by Crippen LogP contribution is 2.29. The minimum absolute atomic E-state index is 0.271. The molecule has 1 heterocycles. The fourth-order valence-corrected chi connectivity index (χ4v) is 5.13. The first-order valence-corrected chi connectivity index (χ1v) is 13.4. The Morgan fingerprint density at radius 3 is 2.39 bits per heavy atom. The Hall–Kier alpha value is -4.16. The van der Waals surface area contributed by atoms with Crippen LogP contribution in [0.5, 0.6) is 0 Å². The van der Waals surface area contributed by atoms with Crippen molar-refractivity contribution in [3.63, 3.8) is 0 Å². The molecule has 4 nitrogen and oxygen atoms in total. The summed E-state index contributed by atoms with van der Waals surface area (Å²) in [7, 11) is 0. The second kappa shape index (κ2) is 11.9. The van der Waals surface area contributed by atoms with Crippen molar-refractivity contribution in [2.75, 3.05) is 6.61 Å². The summed E-state index contributed by atoms with van der Waals surface area (Å²) >= 11 is 1.61. The Labute approximate surface area is 225 Å². The van der Waals surface area contributed by atoms with Gasteiger partial charge in [-0.15, -0.1) is 0 Å². The molecule has 0 aliphatic carbocycles. The molecule has 0 fully saturated rings. The Kier molecular flexibility index (Phi) is 8.00. The minimum atomic E-state index is -0.371. The van der Waals surface area contributed by atoms with E-state index in [0.717, 1.165) is 33.1 Å². The Bertz CT molecular complexity index is 1580. The van der Waals surface area contributed by atoms with E-state index in [-0.39, 0.29) is 11.8 Å². The molecule has 0 saturated carbocycles. The van der Waals surface area contributed by atoms with Gasteiger partial charge in [0.2, 0.25) is 0 Å². The molecule has 0 N–H and O–H groups in total. The second-order valence-corrected chi connectivity index (χ2v) is 9.75. The average molecular weight is 523 g/mol. The number of carbonyl (C=O) groups excluding carboxylic acids is 1.